The first-order valence-corrected chi connectivity index (χ1v) is 2.63. The Hall–Kier alpha value is -1.65. The first-order chi connectivity index (χ1) is 4.61. The second-order valence-corrected chi connectivity index (χ2v) is 1.91. The molecule has 0 aliphatic heterocycles. The van der Waals surface area contributed by atoms with Crippen LogP contribution in [-0.4, -0.2) is 9.94 Å². The Morgan fingerprint density at radius 2 is 2.00 bits per heavy atom. The first kappa shape index (κ1) is 6.47. The lowest BCUT2D eigenvalue weighted by Gasteiger charge is -2.01. The summed E-state index contributed by atoms with van der Waals surface area (Å²) in [5, 5.41) is 15.9. The van der Waals surface area contributed by atoms with Crippen LogP contribution in [0.5, 0.6) is 0 Å². The lowest BCUT2D eigenvalue weighted by atomic mass is 10.4. The van der Waals surface area contributed by atoms with Crippen molar-refractivity contribution in [3.63, 3.8) is 0 Å². The van der Waals surface area contributed by atoms with Crippen LogP contribution >= 0.6 is 0 Å². The van der Waals surface area contributed by atoms with E-state index >= 15 is 0 Å². The Morgan fingerprint density at radius 1 is 1.40 bits per heavy atom. The number of hydrogen-bond donors (Lipinski definition) is 4. The zero-order valence-electron chi connectivity index (χ0n) is 5.20. The van der Waals surface area contributed by atoms with Crippen molar-refractivity contribution in [3.8, 4) is 0 Å². The molecule has 5 nitrogen and oxygen atoms in total. The minimum Gasteiger partial charge on any atom is -0.425 e. The summed E-state index contributed by atoms with van der Waals surface area (Å²) in [7, 11) is 0. The van der Waals surface area contributed by atoms with Gasteiger partial charge in [-0.05, 0) is 0 Å². The molecule has 1 aromatic heterocycles. The fourth-order valence-electron chi connectivity index (χ4n) is 0.632. The van der Waals surface area contributed by atoms with Crippen LogP contribution in [0.3, 0.4) is 0 Å². The maximum absolute atomic E-state index is 8.88. The summed E-state index contributed by atoms with van der Waals surface area (Å²) in [5.41, 5.74) is 10.8. The Balaban J connectivity index is 3.46. The third kappa shape index (κ3) is 0.883. The van der Waals surface area contributed by atoms with Crippen LogP contribution in [0, 0.1) is 5.41 Å². The Kier molecular flexibility index (Phi) is 1.26. The average Bonchev–Trinajstić information content (AvgIpc) is 1.82. The smallest absolute Gasteiger partial charge is 0.165 e. The summed E-state index contributed by atoms with van der Waals surface area (Å²) >= 11 is 0. The van der Waals surface area contributed by atoms with Gasteiger partial charge in [0.25, 0.3) is 0 Å². The maximum atomic E-state index is 8.88. The SMILES string of the molecule is N=c1cc(N)cc(N)n1O. The van der Waals surface area contributed by atoms with Crippen LogP contribution in [-0.2, 0) is 0 Å². The molecule has 54 valence electrons. The van der Waals surface area contributed by atoms with Crippen LogP contribution < -0.4 is 17.0 Å². The van der Waals surface area contributed by atoms with Crippen molar-refractivity contribution in [1.29, 1.82) is 5.41 Å². The van der Waals surface area contributed by atoms with Gasteiger partial charge in [-0.3, -0.25) is 5.41 Å². The normalized spacial score (nSPS) is 9.60. The lowest BCUT2D eigenvalue weighted by molar-refractivity contribution is 0.177. The monoisotopic (exact) mass is 140 g/mol. The molecular weight excluding hydrogens is 132 g/mol. The average molecular weight is 140 g/mol. The summed E-state index contributed by atoms with van der Waals surface area (Å²) in [6, 6.07) is 2.68. The standard InChI is InChI=1S/C5H8N4O/c6-3-1-4(7)9(10)5(8)2-3/h1-2,7,10H,6,8H2. The van der Waals surface area contributed by atoms with Gasteiger partial charge >= 0.3 is 0 Å². The fourth-order valence-corrected chi connectivity index (χ4v) is 0.632. The number of nitrogens with two attached hydrogens (primary N) is 2. The summed E-state index contributed by atoms with van der Waals surface area (Å²) in [6.45, 7) is 0. The quantitative estimate of drug-likeness (QED) is 0.361. The molecule has 0 unspecified atom stereocenters. The number of anilines is 2. The van der Waals surface area contributed by atoms with E-state index in [4.69, 9.17) is 22.1 Å². The molecule has 1 rings (SSSR count). The third-order valence-electron chi connectivity index (χ3n) is 1.09. The predicted octanol–water partition coefficient (Wildman–Crippen LogP) is -0.631. The number of nitrogens with one attached hydrogen (secondary N) is 1. The van der Waals surface area contributed by atoms with Crippen molar-refractivity contribution in [2.24, 2.45) is 0 Å². The van der Waals surface area contributed by atoms with E-state index in [2.05, 4.69) is 0 Å². The molecule has 0 aliphatic rings. The van der Waals surface area contributed by atoms with Gasteiger partial charge in [0.2, 0.25) is 0 Å². The van der Waals surface area contributed by atoms with E-state index in [0.29, 0.717) is 10.4 Å². The van der Waals surface area contributed by atoms with Gasteiger partial charge in [-0.15, -0.1) is 0 Å². The third-order valence-corrected chi connectivity index (χ3v) is 1.09. The molecule has 0 spiro atoms. The molecule has 0 radical (unpaired) electrons. The number of hydrogen-bond acceptors (Lipinski definition) is 4. The molecule has 5 heteroatoms. The van der Waals surface area contributed by atoms with E-state index in [1.165, 1.54) is 12.1 Å². The molecule has 0 fully saturated rings. The number of aromatic nitrogens is 1. The van der Waals surface area contributed by atoms with Gasteiger partial charge in [0.15, 0.2) is 5.49 Å². The largest absolute Gasteiger partial charge is 0.425 e. The highest BCUT2D eigenvalue weighted by atomic mass is 16.5. The number of rotatable bonds is 0. The minimum absolute atomic E-state index is 0.0602. The Morgan fingerprint density at radius 3 is 2.50 bits per heavy atom. The molecule has 0 saturated heterocycles. The van der Waals surface area contributed by atoms with E-state index in [1.807, 2.05) is 0 Å². The number of pyridine rings is 1. The van der Waals surface area contributed by atoms with Crippen LogP contribution in [0.4, 0.5) is 11.5 Å². The van der Waals surface area contributed by atoms with Gasteiger partial charge in [0, 0.05) is 17.8 Å². The molecule has 1 aromatic rings. The number of nitrogens with zero attached hydrogens (tertiary/aromatic N) is 1. The molecule has 0 aromatic carbocycles. The number of nitrogen functional groups attached to an aromatic ring is 2. The summed E-state index contributed by atoms with van der Waals surface area (Å²) < 4.78 is 0.552. The van der Waals surface area contributed by atoms with Gasteiger partial charge < -0.3 is 16.7 Å². The van der Waals surface area contributed by atoms with Crippen LogP contribution in [0.15, 0.2) is 12.1 Å². The lowest BCUT2D eigenvalue weighted by Crippen LogP contribution is -2.20. The second-order valence-electron chi connectivity index (χ2n) is 1.91. The molecule has 0 bridgehead atoms. The molecule has 0 amide bonds. The van der Waals surface area contributed by atoms with Gasteiger partial charge in [-0.1, -0.05) is 0 Å². The van der Waals surface area contributed by atoms with Crippen molar-refractivity contribution in [2.75, 3.05) is 11.5 Å². The molecule has 1 heterocycles. The van der Waals surface area contributed by atoms with Crippen molar-refractivity contribution >= 4 is 11.5 Å². The van der Waals surface area contributed by atoms with Crippen LogP contribution in [0.2, 0.25) is 0 Å². The van der Waals surface area contributed by atoms with Crippen LogP contribution in [0.1, 0.15) is 0 Å². The van der Waals surface area contributed by atoms with E-state index in [1.54, 1.807) is 0 Å². The zero-order valence-corrected chi connectivity index (χ0v) is 5.20. The predicted molar refractivity (Wildman–Crippen MR) is 36.3 cm³/mol. The Bertz CT molecular complexity index is 303. The Labute approximate surface area is 57.0 Å². The van der Waals surface area contributed by atoms with Crippen molar-refractivity contribution < 1.29 is 5.21 Å². The summed E-state index contributed by atoms with van der Waals surface area (Å²) in [5.74, 6) is 0.0602. The van der Waals surface area contributed by atoms with Gasteiger partial charge in [-0.2, -0.15) is 4.73 Å². The zero-order chi connectivity index (χ0) is 7.72. The maximum Gasteiger partial charge on any atom is 0.165 e. The molecule has 0 atom stereocenters. The molecule has 10 heavy (non-hydrogen) atoms. The van der Waals surface area contributed by atoms with E-state index in [9.17, 15) is 0 Å². The summed E-state index contributed by atoms with van der Waals surface area (Å²) in [6.07, 6.45) is 0. The van der Waals surface area contributed by atoms with Gasteiger partial charge in [0.1, 0.15) is 5.82 Å². The van der Waals surface area contributed by atoms with Gasteiger partial charge in [-0.25, -0.2) is 0 Å². The summed E-state index contributed by atoms with van der Waals surface area (Å²) in [4.78, 5) is 0. The highest BCUT2D eigenvalue weighted by Crippen LogP contribution is 2.01. The molecule has 6 N–H and O–H groups in total. The van der Waals surface area contributed by atoms with Crippen molar-refractivity contribution in [2.45, 2.75) is 0 Å². The van der Waals surface area contributed by atoms with Gasteiger partial charge in [0.05, 0.1) is 0 Å². The molecule has 0 saturated carbocycles. The van der Waals surface area contributed by atoms with E-state index < -0.39 is 0 Å². The molecule has 0 aliphatic carbocycles. The second kappa shape index (κ2) is 1.94. The van der Waals surface area contributed by atoms with E-state index in [-0.39, 0.29) is 11.3 Å². The minimum atomic E-state index is -0.127. The fraction of sp³-hybridized carbons (Fsp3) is 0. The highest BCUT2D eigenvalue weighted by Gasteiger charge is 1.94. The molecular formula is C5H8N4O. The topological polar surface area (TPSA) is 101 Å². The first-order valence-electron chi connectivity index (χ1n) is 2.63. The highest BCUT2D eigenvalue weighted by molar-refractivity contribution is 5.45. The van der Waals surface area contributed by atoms with Crippen molar-refractivity contribution in [3.05, 3.63) is 17.6 Å². The van der Waals surface area contributed by atoms with Crippen molar-refractivity contribution in [1.82, 2.24) is 4.73 Å². The van der Waals surface area contributed by atoms with E-state index in [0.717, 1.165) is 0 Å². The van der Waals surface area contributed by atoms with Crippen LogP contribution in [0.25, 0.3) is 0 Å².